The Morgan fingerprint density at radius 2 is 1.85 bits per heavy atom. The molecule has 3 heteroatoms. The molecule has 0 saturated carbocycles. The highest BCUT2D eigenvalue weighted by atomic mass is 15.2. The highest BCUT2D eigenvalue weighted by molar-refractivity contribution is 5.84. The molecule has 0 saturated heterocycles. The van der Waals surface area contributed by atoms with Crippen LogP contribution in [-0.4, -0.2) is 14.8 Å². The van der Waals surface area contributed by atoms with Crippen molar-refractivity contribution in [2.45, 2.75) is 26.7 Å². The summed E-state index contributed by atoms with van der Waals surface area (Å²) in [6.07, 6.45) is 3.86. The molecule has 0 aliphatic carbocycles. The Morgan fingerprint density at radius 1 is 1.05 bits per heavy atom. The van der Waals surface area contributed by atoms with Gasteiger partial charge in [-0.15, -0.1) is 0 Å². The molecule has 0 amide bonds. The zero-order valence-electron chi connectivity index (χ0n) is 12.4. The molecule has 0 radical (unpaired) electrons. The van der Waals surface area contributed by atoms with Crippen molar-refractivity contribution in [2.75, 3.05) is 0 Å². The van der Waals surface area contributed by atoms with Gasteiger partial charge < -0.3 is 0 Å². The molecule has 0 N–H and O–H groups in total. The molecular formula is C17H19N3. The van der Waals surface area contributed by atoms with Gasteiger partial charge in [0.1, 0.15) is 0 Å². The Balaban J connectivity index is 2.12. The zero-order valence-corrected chi connectivity index (χ0v) is 12.4. The lowest BCUT2D eigenvalue weighted by Gasteiger charge is -2.11. The van der Waals surface area contributed by atoms with Gasteiger partial charge in [0, 0.05) is 29.9 Å². The first-order chi connectivity index (χ1) is 9.56. The van der Waals surface area contributed by atoms with Crippen LogP contribution in [0.1, 0.15) is 31.0 Å². The molecule has 3 rings (SSSR count). The summed E-state index contributed by atoms with van der Waals surface area (Å²) in [5.41, 5.74) is 5.95. The molecule has 3 aromatic rings. The maximum Gasteiger partial charge on any atom is 0.0679 e. The SMILES string of the molecule is Cc1ncc(-c2ccc3c(cnn3C)c2)cc1C(C)C. The Bertz CT molecular complexity index is 769. The third-order valence-corrected chi connectivity index (χ3v) is 3.83. The molecule has 1 aromatic carbocycles. The maximum absolute atomic E-state index is 4.54. The Morgan fingerprint density at radius 3 is 2.60 bits per heavy atom. The molecule has 102 valence electrons. The van der Waals surface area contributed by atoms with Gasteiger partial charge in [0.25, 0.3) is 0 Å². The number of rotatable bonds is 2. The third kappa shape index (κ3) is 2.09. The fourth-order valence-corrected chi connectivity index (χ4v) is 2.64. The van der Waals surface area contributed by atoms with Gasteiger partial charge in [-0.2, -0.15) is 5.10 Å². The zero-order chi connectivity index (χ0) is 14.3. The number of fused-ring (bicyclic) bond motifs is 1. The second-order valence-electron chi connectivity index (χ2n) is 5.60. The number of aromatic nitrogens is 3. The van der Waals surface area contributed by atoms with Gasteiger partial charge in [0.2, 0.25) is 0 Å². The van der Waals surface area contributed by atoms with E-state index in [-0.39, 0.29) is 0 Å². The minimum absolute atomic E-state index is 0.490. The molecule has 0 atom stereocenters. The quantitative estimate of drug-likeness (QED) is 0.699. The highest BCUT2D eigenvalue weighted by Gasteiger charge is 2.08. The van der Waals surface area contributed by atoms with Crippen LogP contribution < -0.4 is 0 Å². The second-order valence-corrected chi connectivity index (χ2v) is 5.60. The van der Waals surface area contributed by atoms with Crippen LogP contribution in [0.5, 0.6) is 0 Å². The van der Waals surface area contributed by atoms with Gasteiger partial charge in [-0.25, -0.2) is 0 Å². The van der Waals surface area contributed by atoms with Crippen molar-refractivity contribution in [3.63, 3.8) is 0 Å². The van der Waals surface area contributed by atoms with Crippen molar-refractivity contribution >= 4 is 10.9 Å². The molecule has 2 aromatic heterocycles. The van der Waals surface area contributed by atoms with Gasteiger partial charge in [-0.1, -0.05) is 19.9 Å². The molecule has 0 fully saturated rings. The first-order valence-corrected chi connectivity index (χ1v) is 6.95. The highest BCUT2D eigenvalue weighted by Crippen LogP contribution is 2.27. The average Bonchev–Trinajstić information content (AvgIpc) is 2.80. The van der Waals surface area contributed by atoms with Crippen LogP contribution in [0.3, 0.4) is 0 Å². The number of hydrogen-bond donors (Lipinski definition) is 0. The second kappa shape index (κ2) is 4.75. The fourth-order valence-electron chi connectivity index (χ4n) is 2.64. The Labute approximate surface area is 119 Å². The van der Waals surface area contributed by atoms with Crippen LogP contribution in [0.15, 0.2) is 36.7 Å². The lowest BCUT2D eigenvalue weighted by Crippen LogP contribution is -1.96. The molecule has 0 spiro atoms. The van der Waals surface area contributed by atoms with Crippen molar-refractivity contribution in [3.8, 4) is 11.1 Å². The smallest absolute Gasteiger partial charge is 0.0679 e. The van der Waals surface area contributed by atoms with Crippen LogP contribution in [0.4, 0.5) is 0 Å². The summed E-state index contributed by atoms with van der Waals surface area (Å²) in [5, 5.41) is 5.46. The number of aryl methyl sites for hydroxylation is 2. The van der Waals surface area contributed by atoms with E-state index >= 15 is 0 Å². The van der Waals surface area contributed by atoms with E-state index in [9.17, 15) is 0 Å². The minimum atomic E-state index is 0.490. The topological polar surface area (TPSA) is 30.7 Å². The summed E-state index contributed by atoms with van der Waals surface area (Å²) in [7, 11) is 1.96. The summed E-state index contributed by atoms with van der Waals surface area (Å²) in [4.78, 5) is 4.54. The van der Waals surface area contributed by atoms with E-state index in [1.54, 1.807) is 0 Å². The fraction of sp³-hybridized carbons (Fsp3) is 0.294. The van der Waals surface area contributed by atoms with E-state index in [0.717, 1.165) is 16.6 Å². The van der Waals surface area contributed by atoms with Gasteiger partial charge >= 0.3 is 0 Å². The number of pyridine rings is 1. The van der Waals surface area contributed by atoms with E-state index in [2.05, 4.69) is 55.1 Å². The van der Waals surface area contributed by atoms with Crippen molar-refractivity contribution in [3.05, 3.63) is 47.9 Å². The van der Waals surface area contributed by atoms with Gasteiger partial charge in [-0.05, 0) is 42.2 Å². The molecule has 0 aliphatic rings. The summed E-state index contributed by atoms with van der Waals surface area (Å²) in [6.45, 7) is 6.49. The molecule has 2 heterocycles. The first-order valence-electron chi connectivity index (χ1n) is 6.95. The maximum atomic E-state index is 4.54. The van der Waals surface area contributed by atoms with Crippen molar-refractivity contribution in [1.82, 2.24) is 14.8 Å². The predicted octanol–water partition coefficient (Wildman–Crippen LogP) is 4.07. The van der Waals surface area contributed by atoms with E-state index in [0.29, 0.717) is 5.92 Å². The summed E-state index contributed by atoms with van der Waals surface area (Å²) in [6, 6.07) is 8.69. The van der Waals surface area contributed by atoms with Crippen molar-refractivity contribution < 1.29 is 0 Å². The Kier molecular flexibility index (Phi) is 3.05. The molecule has 0 aliphatic heterocycles. The first kappa shape index (κ1) is 12.9. The third-order valence-electron chi connectivity index (χ3n) is 3.83. The lowest BCUT2D eigenvalue weighted by atomic mass is 9.97. The Hall–Kier alpha value is -2.16. The molecule has 20 heavy (non-hydrogen) atoms. The average molecular weight is 265 g/mol. The summed E-state index contributed by atoms with van der Waals surface area (Å²) in [5.74, 6) is 0.490. The molecule has 3 nitrogen and oxygen atoms in total. The number of hydrogen-bond acceptors (Lipinski definition) is 2. The molecule has 0 bridgehead atoms. The van der Waals surface area contributed by atoms with Crippen LogP contribution in [0.25, 0.3) is 22.0 Å². The number of benzene rings is 1. The monoisotopic (exact) mass is 265 g/mol. The molecular weight excluding hydrogens is 246 g/mol. The molecule has 0 unspecified atom stereocenters. The van der Waals surface area contributed by atoms with Crippen LogP contribution >= 0.6 is 0 Å². The van der Waals surface area contributed by atoms with Crippen LogP contribution in [-0.2, 0) is 7.05 Å². The van der Waals surface area contributed by atoms with Gasteiger partial charge in [0.05, 0.1) is 11.7 Å². The van der Waals surface area contributed by atoms with Crippen LogP contribution in [0, 0.1) is 6.92 Å². The van der Waals surface area contributed by atoms with Gasteiger partial charge in [-0.3, -0.25) is 9.67 Å². The summed E-state index contributed by atoms with van der Waals surface area (Å²) >= 11 is 0. The van der Waals surface area contributed by atoms with Crippen molar-refractivity contribution in [1.29, 1.82) is 0 Å². The van der Waals surface area contributed by atoms with E-state index < -0.39 is 0 Å². The summed E-state index contributed by atoms with van der Waals surface area (Å²) < 4.78 is 1.89. The largest absolute Gasteiger partial charge is 0.268 e. The van der Waals surface area contributed by atoms with E-state index in [4.69, 9.17) is 0 Å². The van der Waals surface area contributed by atoms with Gasteiger partial charge in [0.15, 0.2) is 0 Å². The normalized spacial score (nSPS) is 11.4. The standard InChI is InChI=1S/C17H19N3/c1-11(2)16-8-14(9-18-12(16)3)13-5-6-17-15(7-13)10-19-20(17)4/h5-11H,1-4H3. The van der Waals surface area contributed by atoms with E-state index in [1.165, 1.54) is 16.7 Å². The lowest BCUT2D eigenvalue weighted by molar-refractivity contribution is 0.797. The number of nitrogens with zero attached hydrogens (tertiary/aromatic N) is 3. The predicted molar refractivity (Wildman–Crippen MR) is 82.8 cm³/mol. The van der Waals surface area contributed by atoms with Crippen LogP contribution in [0.2, 0.25) is 0 Å². The van der Waals surface area contributed by atoms with E-state index in [1.807, 2.05) is 24.1 Å². The minimum Gasteiger partial charge on any atom is -0.268 e. The van der Waals surface area contributed by atoms with Crippen molar-refractivity contribution in [2.24, 2.45) is 7.05 Å².